The lowest BCUT2D eigenvalue weighted by molar-refractivity contribution is 0.0666. The third-order valence-corrected chi connectivity index (χ3v) is 4.72. The average molecular weight is 339 g/mol. The van der Waals surface area contributed by atoms with Crippen molar-refractivity contribution in [3.05, 3.63) is 53.7 Å². The maximum Gasteiger partial charge on any atom is 0.289 e. The first-order valence-corrected chi connectivity index (χ1v) is 8.55. The van der Waals surface area contributed by atoms with E-state index in [0.717, 1.165) is 36.1 Å². The molecule has 1 fully saturated rings. The second-order valence-corrected chi connectivity index (χ2v) is 6.45. The Bertz CT molecular complexity index is 850. The van der Waals surface area contributed by atoms with Gasteiger partial charge in [-0.05, 0) is 43.2 Å². The number of nitrogens with zero attached hydrogens (tertiary/aromatic N) is 2. The van der Waals surface area contributed by atoms with Crippen LogP contribution in [0.1, 0.15) is 40.8 Å². The summed E-state index contributed by atoms with van der Waals surface area (Å²) in [7, 11) is 1.61. The predicted molar refractivity (Wildman–Crippen MR) is 93.4 cm³/mol. The van der Waals surface area contributed by atoms with Crippen molar-refractivity contribution in [3.8, 4) is 0 Å². The van der Waals surface area contributed by atoms with Crippen LogP contribution >= 0.6 is 0 Å². The van der Waals surface area contributed by atoms with Crippen LogP contribution < -0.4 is 0 Å². The third kappa shape index (κ3) is 3.17. The van der Waals surface area contributed by atoms with Gasteiger partial charge in [0.25, 0.3) is 5.91 Å². The number of hydrogen-bond acceptors (Lipinski definition) is 4. The van der Waals surface area contributed by atoms with Crippen molar-refractivity contribution >= 4 is 16.9 Å². The number of H-pyrrole nitrogens is 1. The van der Waals surface area contributed by atoms with Crippen LogP contribution in [0.2, 0.25) is 0 Å². The molecule has 1 aliphatic rings. The normalized spacial score (nSPS) is 18.0. The number of rotatable bonds is 4. The monoisotopic (exact) mass is 339 g/mol. The number of nitrogens with one attached hydrogen (secondary N) is 1. The fourth-order valence-electron chi connectivity index (χ4n) is 3.48. The highest BCUT2D eigenvalue weighted by Crippen LogP contribution is 2.29. The minimum atomic E-state index is -0.0544. The molecule has 0 spiro atoms. The van der Waals surface area contributed by atoms with Crippen molar-refractivity contribution in [3.63, 3.8) is 0 Å². The number of hydrogen-bond donors (Lipinski definition) is 1. The van der Waals surface area contributed by atoms with E-state index < -0.39 is 0 Å². The highest BCUT2D eigenvalue weighted by Gasteiger charge is 2.28. The zero-order valence-electron chi connectivity index (χ0n) is 14.2. The molecule has 1 atom stereocenters. The van der Waals surface area contributed by atoms with Gasteiger partial charge in [-0.3, -0.25) is 9.78 Å². The number of aromatic nitrogens is 2. The Kier molecular flexibility index (Phi) is 4.28. The second-order valence-electron chi connectivity index (χ2n) is 6.45. The summed E-state index contributed by atoms with van der Waals surface area (Å²) in [4.78, 5) is 22.4. The standard InChI is InChI=1S/C19H21N3O3/c1-24-12-14-6-7-18(25-14)19(23)22-9-3-4-13(11-22)16-10-17-15(21-16)5-2-8-20-17/h2,5-8,10,13,21H,3-4,9,11-12H2,1H3. The van der Waals surface area contributed by atoms with Gasteiger partial charge in [0.1, 0.15) is 12.4 Å². The summed E-state index contributed by atoms with van der Waals surface area (Å²) in [5.41, 5.74) is 3.15. The number of carbonyl (C=O) groups excluding carboxylic acids is 1. The summed E-state index contributed by atoms with van der Waals surface area (Å²) < 4.78 is 10.6. The van der Waals surface area contributed by atoms with E-state index in [0.29, 0.717) is 30.6 Å². The number of carbonyl (C=O) groups is 1. The number of likely N-dealkylation sites (tertiary alicyclic amines) is 1. The van der Waals surface area contributed by atoms with Crippen LogP contribution in [0, 0.1) is 0 Å². The molecule has 1 aliphatic heterocycles. The first kappa shape index (κ1) is 15.9. The molecule has 0 saturated carbocycles. The Hall–Kier alpha value is -2.60. The van der Waals surface area contributed by atoms with E-state index in [4.69, 9.17) is 9.15 Å². The van der Waals surface area contributed by atoms with Crippen LogP contribution in [0.4, 0.5) is 0 Å². The molecule has 4 heterocycles. The van der Waals surface area contributed by atoms with Crippen molar-refractivity contribution in [1.29, 1.82) is 0 Å². The van der Waals surface area contributed by atoms with E-state index in [2.05, 4.69) is 16.0 Å². The molecule has 130 valence electrons. The van der Waals surface area contributed by atoms with Gasteiger partial charge in [-0.1, -0.05) is 0 Å². The first-order valence-electron chi connectivity index (χ1n) is 8.55. The zero-order valence-corrected chi connectivity index (χ0v) is 14.2. The molecular weight excluding hydrogens is 318 g/mol. The largest absolute Gasteiger partial charge is 0.453 e. The lowest BCUT2D eigenvalue weighted by atomic mass is 9.94. The Morgan fingerprint density at radius 2 is 2.36 bits per heavy atom. The van der Waals surface area contributed by atoms with Gasteiger partial charge >= 0.3 is 0 Å². The highest BCUT2D eigenvalue weighted by atomic mass is 16.5. The maximum absolute atomic E-state index is 12.7. The van der Waals surface area contributed by atoms with Gasteiger partial charge in [0.2, 0.25) is 0 Å². The number of ether oxygens (including phenoxy) is 1. The van der Waals surface area contributed by atoms with E-state index >= 15 is 0 Å². The number of amides is 1. The second kappa shape index (κ2) is 6.72. The molecule has 25 heavy (non-hydrogen) atoms. The summed E-state index contributed by atoms with van der Waals surface area (Å²) in [5, 5.41) is 0. The Balaban J connectivity index is 1.50. The molecule has 1 saturated heterocycles. The Morgan fingerprint density at radius 3 is 3.20 bits per heavy atom. The van der Waals surface area contributed by atoms with Crippen LogP contribution in [0.3, 0.4) is 0 Å². The van der Waals surface area contributed by atoms with E-state index in [-0.39, 0.29) is 5.91 Å². The molecule has 1 N–H and O–H groups in total. The maximum atomic E-state index is 12.7. The van der Waals surface area contributed by atoms with Gasteiger partial charge in [-0.25, -0.2) is 0 Å². The van der Waals surface area contributed by atoms with E-state index in [1.807, 2.05) is 17.0 Å². The van der Waals surface area contributed by atoms with Gasteiger partial charge in [-0.2, -0.15) is 0 Å². The third-order valence-electron chi connectivity index (χ3n) is 4.72. The van der Waals surface area contributed by atoms with Crippen LogP contribution in [-0.2, 0) is 11.3 Å². The molecular formula is C19H21N3O3. The van der Waals surface area contributed by atoms with Crippen molar-refractivity contribution in [2.45, 2.75) is 25.4 Å². The van der Waals surface area contributed by atoms with E-state index in [9.17, 15) is 4.79 Å². The molecule has 6 nitrogen and oxygen atoms in total. The topological polar surface area (TPSA) is 71.4 Å². The molecule has 0 aromatic carbocycles. The summed E-state index contributed by atoms with van der Waals surface area (Å²) in [6, 6.07) is 9.57. The molecule has 4 rings (SSSR count). The van der Waals surface area contributed by atoms with Crippen LogP contribution in [0.15, 0.2) is 40.9 Å². The smallest absolute Gasteiger partial charge is 0.289 e. The molecule has 6 heteroatoms. The fraction of sp³-hybridized carbons (Fsp3) is 0.368. The number of methoxy groups -OCH3 is 1. The molecule has 0 radical (unpaired) electrons. The van der Waals surface area contributed by atoms with Gasteiger partial charge in [0, 0.05) is 38.0 Å². The first-order chi connectivity index (χ1) is 12.2. The molecule has 1 amide bonds. The van der Waals surface area contributed by atoms with Crippen LogP contribution in [0.25, 0.3) is 11.0 Å². The number of aromatic amines is 1. The van der Waals surface area contributed by atoms with Crippen LogP contribution in [-0.4, -0.2) is 41.0 Å². The minimum Gasteiger partial charge on any atom is -0.453 e. The van der Waals surface area contributed by atoms with Gasteiger partial charge in [0.05, 0.1) is 11.0 Å². The molecule has 1 unspecified atom stereocenters. The number of furan rings is 1. The molecule has 3 aromatic heterocycles. The molecule has 3 aromatic rings. The van der Waals surface area contributed by atoms with E-state index in [1.165, 1.54) is 0 Å². The summed E-state index contributed by atoms with van der Waals surface area (Å²) >= 11 is 0. The zero-order chi connectivity index (χ0) is 17.2. The molecule has 0 bridgehead atoms. The van der Waals surface area contributed by atoms with Gasteiger partial charge < -0.3 is 19.0 Å². The highest BCUT2D eigenvalue weighted by molar-refractivity contribution is 5.91. The quantitative estimate of drug-likeness (QED) is 0.791. The predicted octanol–water partition coefficient (Wildman–Crippen LogP) is 3.32. The SMILES string of the molecule is COCc1ccc(C(=O)N2CCCC(c3cc4ncccc4[nH]3)C2)o1. The molecule has 0 aliphatic carbocycles. The Labute approximate surface area is 145 Å². The number of pyridine rings is 1. The summed E-state index contributed by atoms with van der Waals surface area (Å²) in [5.74, 6) is 1.29. The summed E-state index contributed by atoms with van der Waals surface area (Å²) in [6.07, 6.45) is 3.83. The van der Waals surface area contributed by atoms with E-state index in [1.54, 1.807) is 25.4 Å². The average Bonchev–Trinajstić information content (AvgIpc) is 3.28. The number of piperidine rings is 1. The number of fused-ring (bicyclic) bond motifs is 1. The van der Waals surface area contributed by atoms with Crippen molar-refractivity contribution in [2.24, 2.45) is 0 Å². The van der Waals surface area contributed by atoms with Crippen LogP contribution in [0.5, 0.6) is 0 Å². The van der Waals surface area contributed by atoms with Gasteiger partial charge in [0.15, 0.2) is 5.76 Å². The fourth-order valence-corrected chi connectivity index (χ4v) is 3.48. The summed E-state index contributed by atoms with van der Waals surface area (Å²) in [6.45, 7) is 1.82. The minimum absolute atomic E-state index is 0.0544. The Morgan fingerprint density at radius 1 is 1.44 bits per heavy atom. The lowest BCUT2D eigenvalue weighted by Gasteiger charge is -2.31. The van der Waals surface area contributed by atoms with Crippen molar-refractivity contribution < 1.29 is 13.9 Å². The lowest BCUT2D eigenvalue weighted by Crippen LogP contribution is -2.39. The van der Waals surface area contributed by atoms with Crippen molar-refractivity contribution in [1.82, 2.24) is 14.9 Å². The van der Waals surface area contributed by atoms with Crippen molar-refractivity contribution in [2.75, 3.05) is 20.2 Å². The van der Waals surface area contributed by atoms with Gasteiger partial charge in [-0.15, -0.1) is 0 Å².